The van der Waals surface area contributed by atoms with E-state index < -0.39 is 0 Å². The van der Waals surface area contributed by atoms with Gasteiger partial charge in [-0.1, -0.05) is 13.8 Å². The van der Waals surface area contributed by atoms with Gasteiger partial charge >= 0.3 is 5.97 Å². The molecule has 1 aromatic rings. The zero-order valence-electron chi connectivity index (χ0n) is 13.1. The van der Waals surface area contributed by atoms with E-state index in [1.54, 1.807) is 0 Å². The summed E-state index contributed by atoms with van der Waals surface area (Å²) in [6.45, 7) is 8.83. The summed E-state index contributed by atoms with van der Waals surface area (Å²) in [4.78, 5) is 24.6. The van der Waals surface area contributed by atoms with Crippen molar-refractivity contribution in [3.8, 4) is 0 Å². The number of ether oxygens (including phenoxy) is 1. The monoisotopic (exact) mass is 312 g/mol. The zero-order chi connectivity index (χ0) is 15.8. The van der Waals surface area contributed by atoms with Crippen molar-refractivity contribution in [2.24, 2.45) is 0 Å². The van der Waals surface area contributed by atoms with E-state index in [-0.39, 0.29) is 17.9 Å². The van der Waals surface area contributed by atoms with Crippen LogP contribution in [0.4, 0.5) is 5.69 Å². The molecule has 0 aliphatic heterocycles. The van der Waals surface area contributed by atoms with Gasteiger partial charge in [-0.3, -0.25) is 4.79 Å². The van der Waals surface area contributed by atoms with Gasteiger partial charge in [0.25, 0.3) is 0 Å². The summed E-state index contributed by atoms with van der Waals surface area (Å²) in [7, 11) is 0. The Morgan fingerprint density at radius 2 is 2.05 bits per heavy atom. The van der Waals surface area contributed by atoms with Crippen LogP contribution in [0.25, 0.3) is 0 Å². The van der Waals surface area contributed by atoms with Crippen LogP contribution < -0.4 is 10.6 Å². The Balaban J connectivity index is 2.76. The number of esters is 1. The Bertz CT molecular complexity index is 485. The highest BCUT2D eigenvalue weighted by Gasteiger charge is 2.21. The third-order valence-electron chi connectivity index (χ3n) is 2.94. The van der Waals surface area contributed by atoms with Crippen LogP contribution in [-0.2, 0) is 9.53 Å². The fourth-order valence-electron chi connectivity index (χ4n) is 1.70. The third-order valence-corrected chi connectivity index (χ3v) is 4.02. The fraction of sp³-hybridized carbons (Fsp3) is 0.600. The number of hydrogen-bond acceptors (Lipinski definition) is 5. The van der Waals surface area contributed by atoms with Gasteiger partial charge in [-0.05, 0) is 44.2 Å². The van der Waals surface area contributed by atoms with Gasteiger partial charge in [0.05, 0.1) is 18.3 Å². The van der Waals surface area contributed by atoms with Crippen molar-refractivity contribution in [1.82, 2.24) is 5.32 Å². The first-order valence-corrected chi connectivity index (χ1v) is 8.18. The third kappa shape index (κ3) is 5.13. The lowest BCUT2D eigenvalue weighted by molar-refractivity contribution is -0.117. The van der Waals surface area contributed by atoms with Gasteiger partial charge in [0.15, 0.2) is 0 Å². The average molecular weight is 312 g/mol. The summed E-state index contributed by atoms with van der Waals surface area (Å²) in [6.07, 6.45) is 1.74. The average Bonchev–Trinajstić information content (AvgIpc) is 2.83. The molecular formula is C15H24N2O3S. The molecule has 1 rings (SSSR count). The summed E-state index contributed by atoms with van der Waals surface area (Å²) in [5.41, 5.74) is 1.44. The predicted molar refractivity (Wildman–Crippen MR) is 86.0 cm³/mol. The van der Waals surface area contributed by atoms with Crippen molar-refractivity contribution in [3.63, 3.8) is 0 Å². The molecule has 1 amide bonds. The summed E-state index contributed by atoms with van der Waals surface area (Å²) in [5.74, 6) is -0.520. The standard InChI is InChI=1S/C15H24N2O3S/c1-5-7-16-11(4)14(18)17-12-10(3)9-21-13(12)15(19)20-8-6-2/h9,11,16H,5-8H2,1-4H3,(H,17,18). The van der Waals surface area contributed by atoms with Crippen LogP contribution >= 0.6 is 11.3 Å². The summed E-state index contributed by atoms with van der Waals surface area (Å²) >= 11 is 1.30. The van der Waals surface area contributed by atoms with E-state index in [1.165, 1.54) is 11.3 Å². The highest BCUT2D eigenvalue weighted by Crippen LogP contribution is 2.28. The molecule has 0 saturated heterocycles. The molecule has 1 atom stereocenters. The molecule has 0 saturated carbocycles. The molecule has 0 aromatic carbocycles. The molecule has 0 spiro atoms. The second-order valence-electron chi connectivity index (χ2n) is 4.92. The van der Waals surface area contributed by atoms with Crippen LogP contribution in [0.15, 0.2) is 5.38 Å². The lowest BCUT2D eigenvalue weighted by Crippen LogP contribution is -2.38. The molecule has 1 heterocycles. The van der Waals surface area contributed by atoms with Gasteiger partial charge in [0, 0.05) is 0 Å². The molecule has 118 valence electrons. The Labute approximate surface area is 130 Å². The van der Waals surface area contributed by atoms with Gasteiger partial charge in [0.2, 0.25) is 5.91 Å². The number of aryl methyl sites for hydroxylation is 1. The van der Waals surface area contributed by atoms with Crippen LogP contribution in [0.1, 0.15) is 48.8 Å². The molecule has 0 aliphatic rings. The molecular weight excluding hydrogens is 288 g/mol. The first-order valence-electron chi connectivity index (χ1n) is 7.30. The fourth-order valence-corrected chi connectivity index (χ4v) is 2.59. The SMILES string of the molecule is CCCNC(C)C(=O)Nc1c(C)csc1C(=O)OCCC. The highest BCUT2D eigenvalue weighted by atomic mass is 32.1. The van der Waals surface area contributed by atoms with Crippen molar-refractivity contribution < 1.29 is 14.3 Å². The molecule has 0 radical (unpaired) electrons. The van der Waals surface area contributed by atoms with E-state index in [2.05, 4.69) is 10.6 Å². The van der Waals surface area contributed by atoms with Crippen molar-refractivity contribution in [2.45, 2.75) is 46.6 Å². The maximum absolute atomic E-state index is 12.1. The number of rotatable bonds is 8. The molecule has 0 fully saturated rings. The van der Waals surface area contributed by atoms with Gasteiger partial charge < -0.3 is 15.4 Å². The molecule has 6 heteroatoms. The number of anilines is 1. The molecule has 5 nitrogen and oxygen atoms in total. The van der Waals surface area contributed by atoms with Crippen LogP contribution in [0.2, 0.25) is 0 Å². The number of carbonyl (C=O) groups excluding carboxylic acids is 2. The topological polar surface area (TPSA) is 67.4 Å². The van der Waals surface area contributed by atoms with Crippen LogP contribution in [0.5, 0.6) is 0 Å². The molecule has 0 aliphatic carbocycles. The predicted octanol–water partition coefficient (Wildman–Crippen LogP) is 2.95. The van der Waals surface area contributed by atoms with Crippen LogP contribution in [0.3, 0.4) is 0 Å². The molecule has 1 aromatic heterocycles. The first kappa shape index (κ1) is 17.7. The van der Waals surface area contributed by atoms with Crippen molar-refractivity contribution in [3.05, 3.63) is 15.8 Å². The van der Waals surface area contributed by atoms with Crippen molar-refractivity contribution in [1.29, 1.82) is 0 Å². The van der Waals surface area contributed by atoms with E-state index in [0.717, 1.165) is 24.9 Å². The minimum absolute atomic E-state index is 0.144. The number of nitrogens with one attached hydrogen (secondary N) is 2. The van der Waals surface area contributed by atoms with Gasteiger partial charge in [-0.15, -0.1) is 11.3 Å². The second-order valence-corrected chi connectivity index (χ2v) is 5.80. The zero-order valence-corrected chi connectivity index (χ0v) is 13.9. The van der Waals surface area contributed by atoms with E-state index in [4.69, 9.17) is 4.74 Å². The van der Waals surface area contributed by atoms with E-state index in [9.17, 15) is 9.59 Å². The molecule has 0 bridgehead atoms. The summed E-state index contributed by atoms with van der Waals surface area (Å²) < 4.78 is 5.14. The van der Waals surface area contributed by atoms with E-state index in [1.807, 2.05) is 33.1 Å². The number of carbonyl (C=O) groups is 2. The Hall–Kier alpha value is -1.40. The largest absolute Gasteiger partial charge is 0.461 e. The Kier molecular flexibility index (Phi) is 7.39. The van der Waals surface area contributed by atoms with Crippen molar-refractivity contribution in [2.75, 3.05) is 18.5 Å². The van der Waals surface area contributed by atoms with Gasteiger partial charge in [-0.2, -0.15) is 0 Å². The maximum atomic E-state index is 12.1. The summed E-state index contributed by atoms with van der Waals surface area (Å²) in [6, 6.07) is -0.302. The lowest BCUT2D eigenvalue weighted by Gasteiger charge is -2.14. The van der Waals surface area contributed by atoms with Crippen molar-refractivity contribution >= 4 is 28.9 Å². The smallest absolute Gasteiger partial charge is 0.350 e. The highest BCUT2D eigenvalue weighted by molar-refractivity contribution is 7.12. The Morgan fingerprint density at radius 1 is 1.33 bits per heavy atom. The molecule has 1 unspecified atom stereocenters. The first-order chi connectivity index (χ1) is 10.0. The normalized spacial score (nSPS) is 12.0. The molecule has 2 N–H and O–H groups in total. The number of hydrogen-bond donors (Lipinski definition) is 2. The van der Waals surface area contributed by atoms with E-state index in [0.29, 0.717) is 17.2 Å². The number of thiophene rings is 1. The van der Waals surface area contributed by atoms with E-state index >= 15 is 0 Å². The van der Waals surface area contributed by atoms with Crippen LogP contribution in [0, 0.1) is 6.92 Å². The second kappa shape index (κ2) is 8.79. The quantitative estimate of drug-likeness (QED) is 0.724. The maximum Gasteiger partial charge on any atom is 0.350 e. The minimum atomic E-state index is -0.376. The lowest BCUT2D eigenvalue weighted by atomic mass is 10.2. The number of amides is 1. The minimum Gasteiger partial charge on any atom is -0.461 e. The van der Waals surface area contributed by atoms with Gasteiger partial charge in [-0.25, -0.2) is 4.79 Å². The Morgan fingerprint density at radius 3 is 2.67 bits per heavy atom. The van der Waals surface area contributed by atoms with Crippen LogP contribution in [-0.4, -0.2) is 31.1 Å². The van der Waals surface area contributed by atoms with Gasteiger partial charge in [0.1, 0.15) is 4.88 Å². The summed E-state index contributed by atoms with van der Waals surface area (Å²) in [5, 5.41) is 7.80. The molecule has 21 heavy (non-hydrogen) atoms.